The van der Waals surface area contributed by atoms with Crippen molar-refractivity contribution in [1.29, 1.82) is 0 Å². The van der Waals surface area contributed by atoms with E-state index in [0.717, 1.165) is 19.3 Å². The molecule has 0 atom stereocenters. The summed E-state index contributed by atoms with van der Waals surface area (Å²) in [6.45, 7) is 1.96. The van der Waals surface area contributed by atoms with Gasteiger partial charge in [-0.25, -0.2) is 4.68 Å². The SMILES string of the molecule is CCCC(=O)Nc1ccc(C(=O)CSc2nnnn2C2CC2)cc1. The number of tetrazole rings is 1. The fourth-order valence-electron chi connectivity index (χ4n) is 2.23. The van der Waals surface area contributed by atoms with Crippen molar-refractivity contribution in [3.05, 3.63) is 29.8 Å². The number of nitrogens with one attached hydrogen (secondary N) is 1. The number of nitrogens with zero attached hydrogens (tertiary/aromatic N) is 4. The number of hydrogen-bond donors (Lipinski definition) is 1. The van der Waals surface area contributed by atoms with Crippen LogP contribution in [-0.4, -0.2) is 37.7 Å². The van der Waals surface area contributed by atoms with Gasteiger partial charge in [0.1, 0.15) is 0 Å². The lowest BCUT2D eigenvalue weighted by molar-refractivity contribution is -0.116. The first-order valence-electron chi connectivity index (χ1n) is 8.01. The number of anilines is 1. The molecule has 1 heterocycles. The smallest absolute Gasteiger partial charge is 0.224 e. The quantitative estimate of drug-likeness (QED) is 0.584. The molecule has 7 nitrogen and oxygen atoms in total. The maximum Gasteiger partial charge on any atom is 0.224 e. The van der Waals surface area contributed by atoms with Gasteiger partial charge in [-0.2, -0.15) is 0 Å². The molecule has 1 N–H and O–H groups in total. The van der Waals surface area contributed by atoms with Gasteiger partial charge in [0.15, 0.2) is 5.78 Å². The zero-order valence-electron chi connectivity index (χ0n) is 13.4. The number of benzene rings is 1. The fourth-order valence-corrected chi connectivity index (χ4v) is 3.07. The Kier molecular flexibility index (Phi) is 5.24. The molecular formula is C16H19N5O2S. The molecule has 24 heavy (non-hydrogen) atoms. The van der Waals surface area contributed by atoms with E-state index < -0.39 is 0 Å². The highest BCUT2D eigenvalue weighted by Crippen LogP contribution is 2.36. The molecule has 1 fully saturated rings. The zero-order valence-corrected chi connectivity index (χ0v) is 14.3. The van der Waals surface area contributed by atoms with E-state index in [4.69, 9.17) is 0 Å². The summed E-state index contributed by atoms with van der Waals surface area (Å²) in [5.41, 5.74) is 1.32. The van der Waals surface area contributed by atoms with E-state index in [1.165, 1.54) is 11.8 Å². The third-order valence-electron chi connectivity index (χ3n) is 3.66. The van der Waals surface area contributed by atoms with Gasteiger partial charge in [0.2, 0.25) is 11.1 Å². The number of carbonyl (C=O) groups is 2. The topological polar surface area (TPSA) is 89.8 Å². The molecule has 8 heteroatoms. The Bertz CT molecular complexity index is 724. The fraction of sp³-hybridized carbons (Fsp3) is 0.438. The van der Waals surface area contributed by atoms with Crippen LogP contribution < -0.4 is 5.32 Å². The van der Waals surface area contributed by atoms with Gasteiger partial charge in [0.05, 0.1) is 11.8 Å². The summed E-state index contributed by atoms with van der Waals surface area (Å²) < 4.78 is 1.80. The van der Waals surface area contributed by atoms with Crippen molar-refractivity contribution < 1.29 is 9.59 Å². The predicted octanol–water partition coefficient (Wildman–Crippen LogP) is 2.72. The van der Waals surface area contributed by atoms with Crippen LogP contribution in [-0.2, 0) is 4.79 Å². The number of Topliss-reactive ketones (excluding diaryl/α,β-unsaturated/α-hetero) is 1. The van der Waals surface area contributed by atoms with Crippen molar-refractivity contribution in [2.45, 2.75) is 43.8 Å². The first kappa shape index (κ1) is 16.6. The molecule has 126 valence electrons. The second-order valence-corrected chi connectivity index (χ2v) is 6.67. The first-order valence-corrected chi connectivity index (χ1v) is 8.99. The molecule has 2 aromatic rings. The molecular weight excluding hydrogens is 326 g/mol. The minimum atomic E-state index is -0.0148. The van der Waals surface area contributed by atoms with Crippen LogP contribution >= 0.6 is 11.8 Å². The van der Waals surface area contributed by atoms with Crippen molar-refractivity contribution in [1.82, 2.24) is 20.2 Å². The van der Waals surface area contributed by atoms with E-state index in [-0.39, 0.29) is 17.4 Å². The standard InChI is InChI=1S/C16H19N5O2S/c1-2-3-15(23)17-12-6-4-11(5-7-12)14(22)10-24-16-18-19-20-21(16)13-8-9-13/h4-7,13H,2-3,8-10H2,1H3,(H,17,23). The molecule has 1 aromatic heterocycles. The Morgan fingerprint density at radius 2 is 2.04 bits per heavy atom. The maximum absolute atomic E-state index is 12.3. The molecule has 0 unspecified atom stereocenters. The normalized spacial score (nSPS) is 13.7. The number of ketones is 1. The molecule has 0 bridgehead atoms. The summed E-state index contributed by atoms with van der Waals surface area (Å²) in [4.78, 5) is 23.8. The Morgan fingerprint density at radius 3 is 2.71 bits per heavy atom. The molecule has 1 amide bonds. The first-order chi connectivity index (χ1) is 11.7. The van der Waals surface area contributed by atoms with Crippen molar-refractivity contribution in [3.8, 4) is 0 Å². The van der Waals surface area contributed by atoms with Crippen LogP contribution in [0.2, 0.25) is 0 Å². The summed E-state index contributed by atoms with van der Waals surface area (Å²) in [7, 11) is 0. The van der Waals surface area contributed by atoms with E-state index in [1.807, 2.05) is 6.92 Å². The summed E-state index contributed by atoms with van der Waals surface area (Å²) in [5.74, 6) is 0.282. The second-order valence-electron chi connectivity index (χ2n) is 5.72. The molecule has 1 aliphatic rings. The number of amides is 1. The highest BCUT2D eigenvalue weighted by atomic mass is 32.2. The number of carbonyl (C=O) groups excluding carboxylic acids is 2. The Labute approximate surface area is 144 Å². The van der Waals surface area contributed by atoms with Crippen molar-refractivity contribution >= 4 is 29.1 Å². The van der Waals surface area contributed by atoms with Crippen LogP contribution in [0.25, 0.3) is 0 Å². The van der Waals surface area contributed by atoms with Crippen LogP contribution in [0, 0.1) is 0 Å². The lowest BCUT2D eigenvalue weighted by Crippen LogP contribution is -2.11. The summed E-state index contributed by atoms with van der Waals surface area (Å²) in [6, 6.07) is 7.35. The molecule has 0 saturated heterocycles. The average Bonchev–Trinajstić information content (AvgIpc) is 3.32. The van der Waals surface area contributed by atoms with Gasteiger partial charge in [0, 0.05) is 17.7 Å². The predicted molar refractivity (Wildman–Crippen MR) is 91.1 cm³/mol. The minimum Gasteiger partial charge on any atom is -0.326 e. The van der Waals surface area contributed by atoms with E-state index >= 15 is 0 Å². The van der Waals surface area contributed by atoms with Crippen molar-refractivity contribution in [3.63, 3.8) is 0 Å². The molecule has 0 radical (unpaired) electrons. The zero-order chi connectivity index (χ0) is 16.9. The highest BCUT2D eigenvalue weighted by molar-refractivity contribution is 7.99. The number of hydrogen-bond acceptors (Lipinski definition) is 6. The van der Waals surface area contributed by atoms with Gasteiger partial charge in [0.25, 0.3) is 0 Å². The van der Waals surface area contributed by atoms with Crippen LogP contribution in [0.1, 0.15) is 49.0 Å². The van der Waals surface area contributed by atoms with E-state index in [9.17, 15) is 9.59 Å². The maximum atomic E-state index is 12.3. The average molecular weight is 345 g/mol. The minimum absolute atomic E-state index is 0.0109. The van der Waals surface area contributed by atoms with Gasteiger partial charge in [-0.3, -0.25) is 9.59 Å². The largest absolute Gasteiger partial charge is 0.326 e. The molecule has 3 rings (SSSR count). The van der Waals surface area contributed by atoms with E-state index in [2.05, 4.69) is 20.8 Å². The van der Waals surface area contributed by atoms with Gasteiger partial charge in [-0.05, 0) is 54.0 Å². The van der Waals surface area contributed by atoms with Gasteiger partial charge in [-0.15, -0.1) is 5.10 Å². The second kappa shape index (κ2) is 7.57. The molecule has 1 aromatic carbocycles. The monoisotopic (exact) mass is 345 g/mol. The highest BCUT2D eigenvalue weighted by Gasteiger charge is 2.28. The van der Waals surface area contributed by atoms with Crippen LogP contribution in [0.4, 0.5) is 5.69 Å². The lowest BCUT2D eigenvalue weighted by atomic mass is 10.1. The molecule has 0 spiro atoms. The molecule has 0 aliphatic heterocycles. The van der Waals surface area contributed by atoms with Crippen molar-refractivity contribution in [2.24, 2.45) is 0 Å². The summed E-state index contributed by atoms with van der Waals surface area (Å²) >= 11 is 1.35. The van der Waals surface area contributed by atoms with Crippen LogP contribution in [0.3, 0.4) is 0 Å². The van der Waals surface area contributed by atoms with Crippen LogP contribution in [0.5, 0.6) is 0 Å². The number of rotatable bonds is 8. The lowest BCUT2D eigenvalue weighted by Gasteiger charge is -2.06. The number of aromatic nitrogens is 4. The van der Waals surface area contributed by atoms with Crippen molar-refractivity contribution in [2.75, 3.05) is 11.1 Å². The van der Waals surface area contributed by atoms with Gasteiger partial charge >= 0.3 is 0 Å². The van der Waals surface area contributed by atoms with Crippen LogP contribution in [0.15, 0.2) is 29.4 Å². The van der Waals surface area contributed by atoms with E-state index in [1.54, 1.807) is 28.9 Å². The Morgan fingerprint density at radius 1 is 1.29 bits per heavy atom. The van der Waals surface area contributed by atoms with Gasteiger partial charge in [-0.1, -0.05) is 18.7 Å². The Balaban J connectivity index is 1.55. The van der Waals surface area contributed by atoms with Gasteiger partial charge < -0.3 is 5.32 Å². The molecule has 1 aliphatic carbocycles. The molecule has 1 saturated carbocycles. The summed E-state index contributed by atoms with van der Waals surface area (Å²) in [5, 5.41) is 15.1. The number of thioether (sulfide) groups is 1. The third-order valence-corrected chi connectivity index (χ3v) is 4.59. The Hall–Kier alpha value is -2.22. The van der Waals surface area contributed by atoms with E-state index in [0.29, 0.717) is 28.9 Å². The third kappa shape index (κ3) is 4.19. The summed E-state index contributed by atoms with van der Waals surface area (Å²) in [6.07, 6.45) is 3.49.